The second kappa shape index (κ2) is 12.4. The van der Waals surface area contributed by atoms with Crippen LogP contribution < -0.4 is 0 Å². The van der Waals surface area contributed by atoms with Crippen molar-refractivity contribution in [3.05, 3.63) is 81.2 Å². The molecule has 0 spiro atoms. The highest BCUT2D eigenvalue weighted by Gasteiger charge is 2.53. The average Bonchev–Trinajstić information content (AvgIpc) is 3.24. The number of carbonyl (C=O) groups excluding carboxylic acids is 1. The maximum atomic E-state index is 14.7. The molecule has 2 saturated heterocycles. The molecule has 6 nitrogen and oxygen atoms in total. The third-order valence-corrected chi connectivity index (χ3v) is 10.6. The van der Waals surface area contributed by atoms with Gasteiger partial charge in [0.1, 0.15) is 0 Å². The van der Waals surface area contributed by atoms with Crippen LogP contribution in [0.4, 0.5) is 0 Å². The van der Waals surface area contributed by atoms with Crippen molar-refractivity contribution in [3.63, 3.8) is 0 Å². The van der Waals surface area contributed by atoms with Gasteiger partial charge in [-0.3, -0.25) is 4.79 Å². The van der Waals surface area contributed by atoms with Gasteiger partial charge in [0.05, 0.1) is 30.0 Å². The zero-order chi connectivity index (χ0) is 30.2. The lowest BCUT2D eigenvalue weighted by atomic mass is 9.66. The van der Waals surface area contributed by atoms with Crippen LogP contribution in [0.25, 0.3) is 0 Å². The van der Waals surface area contributed by atoms with Crippen LogP contribution in [0.2, 0.25) is 10.0 Å². The van der Waals surface area contributed by atoms with Crippen molar-refractivity contribution < 1.29 is 22.7 Å². The van der Waals surface area contributed by atoms with Gasteiger partial charge in [-0.05, 0) is 82.3 Å². The van der Waals surface area contributed by atoms with Gasteiger partial charge in [0, 0.05) is 26.8 Å². The molecule has 1 amide bonds. The van der Waals surface area contributed by atoms with E-state index >= 15 is 0 Å². The molecule has 0 N–H and O–H groups in total. The van der Waals surface area contributed by atoms with Crippen molar-refractivity contribution in [3.8, 4) is 0 Å². The highest BCUT2D eigenvalue weighted by molar-refractivity contribution is 7.94. The van der Waals surface area contributed by atoms with E-state index in [0.29, 0.717) is 35.9 Å². The fourth-order valence-corrected chi connectivity index (χ4v) is 7.12. The Morgan fingerprint density at radius 1 is 1.05 bits per heavy atom. The summed E-state index contributed by atoms with van der Waals surface area (Å²) in [6, 6.07) is 14.5. The zero-order valence-corrected chi connectivity index (χ0v) is 27.0. The highest BCUT2D eigenvalue weighted by Crippen LogP contribution is 2.53. The molecule has 0 radical (unpaired) electrons. The molecule has 0 saturated carbocycles. The number of sulfone groups is 1. The monoisotopic (exact) mass is 621 g/mol. The van der Waals surface area contributed by atoms with Crippen LogP contribution in [0.3, 0.4) is 0 Å². The first-order valence-corrected chi connectivity index (χ1v) is 16.6. The van der Waals surface area contributed by atoms with Crippen LogP contribution in [0.1, 0.15) is 83.9 Å². The van der Waals surface area contributed by atoms with Gasteiger partial charge in [0.25, 0.3) is 0 Å². The minimum absolute atomic E-state index is 0.0394. The highest BCUT2D eigenvalue weighted by atomic mass is 35.5. The number of halogens is 2. The molecule has 2 heterocycles. The first kappa shape index (κ1) is 32.0. The molecule has 41 heavy (non-hydrogen) atoms. The fourth-order valence-electron chi connectivity index (χ4n) is 6.08. The smallest absolute Gasteiger partial charge is 0.229 e. The lowest BCUT2D eigenvalue weighted by molar-refractivity contribution is -0.161. The first-order chi connectivity index (χ1) is 19.2. The van der Waals surface area contributed by atoms with Crippen LogP contribution in [0.5, 0.6) is 0 Å². The topological polar surface area (TPSA) is 72.9 Å². The summed E-state index contributed by atoms with van der Waals surface area (Å²) in [6.07, 6.45) is 3.00. The quantitative estimate of drug-likeness (QED) is 0.287. The summed E-state index contributed by atoms with van der Waals surface area (Å²) in [5.74, 6) is -0.879. The molecule has 2 fully saturated rings. The molecule has 0 aliphatic carbocycles. The predicted octanol–water partition coefficient (Wildman–Crippen LogP) is 7.71. The standard InChI is InChI=1S/C32H41Cl2NO5S/c1-7-26(15-16-41(37,38)21(2)3)35-29(22-11-13-24(33)14-12-22)28(23-9-8-10-25(34)17-23)19-32(6,30(35)36)18-27-20-39-31(4,5)40-27/h8-17,21,26-29H,7,18-20H2,1-6H3/t26?,27?,28-,29-,32+/m1/s1. The number of hydrogen-bond donors (Lipinski definition) is 0. The van der Waals surface area contributed by atoms with E-state index in [9.17, 15) is 13.2 Å². The van der Waals surface area contributed by atoms with Crippen LogP contribution in [0.15, 0.2) is 60.0 Å². The Kier molecular flexibility index (Phi) is 9.66. The molecule has 5 atom stereocenters. The van der Waals surface area contributed by atoms with E-state index in [0.717, 1.165) is 11.1 Å². The Bertz CT molecular complexity index is 1370. The number of likely N-dealkylation sites (tertiary alicyclic amines) is 1. The molecule has 2 aromatic carbocycles. The predicted molar refractivity (Wildman–Crippen MR) is 165 cm³/mol. The van der Waals surface area contributed by atoms with E-state index in [1.54, 1.807) is 19.9 Å². The maximum absolute atomic E-state index is 14.7. The molecular weight excluding hydrogens is 581 g/mol. The number of benzene rings is 2. The van der Waals surface area contributed by atoms with Gasteiger partial charge < -0.3 is 14.4 Å². The Morgan fingerprint density at radius 2 is 1.73 bits per heavy atom. The second-order valence-electron chi connectivity index (χ2n) is 12.2. The van der Waals surface area contributed by atoms with Crippen molar-refractivity contribution in [1.82, 2.24) is 4.90 Å². The molecular formula is C32H41Cl2NO5S. The number of piperidine rings is 1. The van der Waals surface area contributed by atoms with Crippen molar-refractivity contribution in [2.45, 2.75) is 95.9 Å². The van der Waals surface area contributed by atoms with Gasteiger partial charge >= 0.3 is 0 Å². The minimum atomic E-state index is -3.47. The van der Waals surface area contributed by atoms with Gasteiger partial charge in [-0.15, -0.1) is 0 Å². The van der Waals surface area contributed by atoms with E-state index in [2.05, 4.69) is 0 Å². The second-order valence-corrected chi connectivity index (χ2v) is 15.5. The van der Waals surface area contributed by atoms with Gasteiger partial charge in [0.15, 0.2) is 15.6 Å². The summed E-state index contributed by atoms with van der Waals surface area (Å²) in [5.41, 5.74) is 1.14. The largest absolute Gasteiger partial charge is 0.348 e. The fraction of sp³-hybridized carbons (Fsp3) is 0.531. The molecule has 2 unspecified atom stereocenters. The maximum Gasteiger partial charge on any atom is 0.229 e. The molecule has 4 rings (SSSR count). The van der Waals surface area contributed by atoms with Crippen LogP contribution in [0, 0.1) is 5.41 Å². The summed E-state index contributed by atoms with van der Waals surface area (Å²) >= 11 is 12.8. The SMILES string of the molecule is CCC(C=CS(=O)(=O)C(C)C)N1C(=O)[C@@](C)(CC2COC(C)(C)O2)C[C@H](c2cccc(Cl)c2)[C@H]1c1ccc(Cl)cc1. The zero-order valence-electron chi connectivity index (χ0n) is 24.6. The average molecular weight is 623 g/mol. The van der Waals surface area contributed by atoms with E-state index in [1.807, 2.05) is 81.1 Å². The third kappa shape index (κ3) is 7.19. The first-order valence-electron chi connectivity index (χ1n) is 14.2. The number of ether oxygens (including phenoxy) is 2. The van der Waals surface area contributed by atoms with E-state index in [4.69, 9.17) is 32.7 Å². The molecule has 2 aliphatic rings. The van der Waals surface area contributed by atoms with Crippen LogP contribution in [-0.4, -0.2) is 49.0 Å². The summed E-state index contributed by atoms with van der Waals surface area (Å²) < 4.78 is 37.6. The summed E-state index contributed by atoms with van der Waals surface area (Å²) in [7, 11) is -3.47. The number of rotatable bonds is 9. The van der Waals surface area contributed by atoms with Crippen molar-refractivity contribution in [2.75, 3.05) is 6.61 Å². The molecule has 9 heteroatoms. The van der Waals surface area contributed by atoms with Crippen LogP contribution >= 0.6 is 23.2 Å². The Hall–Kier alpha value is -1.90. The Balaban J connectivity index is 1.88. The van der Waals surface area contributed by atoms with Gasteiger partial charge in [-0.2, -0.15) is 0 Å². The number of carbonyl (C=O) groups is 1. The van der Waals surface area contributed by atoms with Crippen molar-refractivity contribution >= 4 is 38.9 Å². The Morgan fingerprint density at radius 3 is 2.29 bits per heavy atom. The molecule has 224 valence electrons. The van der Waals surface area contributed by atoms with Gasteiger partial charge in [-0.1, -0.05) is 67.4 Å². The Labute approximate surface area is 254 Å². The summed E-state index contributed by atoms with van der Waals surface area (Å²) in [5, 5.41) is 1.93. The van der Waals surface area contributed by atoms with Crippen molar-refractivity contribution in [1.29, 1.82) is 0 Å². The van der Waals surface area contributed by atoms with Crippen LogP contribution in [-0.2, 0) is 24.1 Å². The lowest BCUT2D eigenvalue weighted by Gasteiger charge is -2.52. The van der Waals surface area contributed by atoms with Gasteiger partial charge in [0.2, 0.25) is 5.91 Å². The lowest BCUT2D eigenvalue weighted by Crippen LogP contribution is -2.56. The number of hydrogen-bond acceptors (Lipinski definition) is 5. The van der Waals surface area contributed by atoms with E-state index in [-0.39, 0.29) is 24.0 Å². The summed E-state index contributed by atoms with van der Waals surface area (Å²) in [4.78, 5) is 16.6. The molecule has 2 aliphatic heterocycles. The molecule has 2 aromatic rings. The normalized spacial score (nSPS) is 27.6. The van der Waals surface area contributed by atoms with Crippen molar-refractivity contribution in [2.24, 2.45) is 5.41 Å². The summed E-state index contributed by atoms with van der Waals surface area (Å²) in [6.45, 7) is 11.4. The molecule has 0 bridgehead atoms. The van der Waals surface area contributed by atoms with E-state index in [1.165, 1.54) is 5.41 Å². The van der Waals surface area contributed by atoms with E-state index < -0.39 is 32.3 Å². The third-order valence-electron chi connectivity index (χ3n) is 8.26. The van der Waals surface area contributed by atoms with Gasteiger partial charge in [-0.25, -0.2) is 8.42 Å². The number of nitrogens with zero attached hydrogens (tertiary/aromatic N) is 1. The molecule has 0 aromatic heterocycles. The minimum Gasteiger partial charge on any atom is -0.348 e. The number of amides is 1.